The molecule has 3 heteroatoms. The highest BCUT2D eigenvalue weighted by atomic mass is 35.5. The second kappa shape index (κ2) is 4.10. The summed E-state index contributed by atoms with van der Waals surface area (Å²) in [6, 6.07) is 0.200. The predicted molar refractivity (Wildman–Crippen MR) is 46.6 cm³/mol. The Morgan fingerprint density at radius 3 is 2.82 bits per heavy atom. The van der Waals surface area contributed by atoms with E-state index in [1.54, 1.807) is 0 Å². The van der Waals surface area contributed by atoms with Gasteiger partial charge in [-0.25, -0.2) is 0 Å². The van der Waals surface area contributed by atoms with Crippen LogP contribution >= 0.6 is 11.6 Å². The van der Waals surface area contributed by atoms with E-state index >= 15 is 0 Å². The van der Waals surface area contributed by atoms with Crippen molar-refractivity contribution in [2.45, 2.75) is 31.4 Å². The third kappa shape index (κ3) is 2.81. The third-order valence-electron chi connectivity index (χ3n) is 1.96. The molecule has 0 aromatic heterocycles. The van der Waals surface area contributed by atoms with E-state index in [-0.39, 0.29) is 12.1 Å². The SMILES string of the molecule is C=C(Cl)COC1CCCC1N. The highest BCUT2D eigenvalue weighted by Crippen LogP contribution is 2.20. The summed E-state index contributed by atoms with van der Waals surface area (Å²) < 4.78 is 5.42. The van der Waals surface area contributed by atoms with Crippen molar-refractivity contribution < 1.29 is 4.74 Å². The molecule has 0 amide bonds. The summed E-state index contributed by atoms with van der Waals surface area (Å²) in [4.78, 5) is 0. The topological polar surface area (TPSA) is 35.2 Å². The molecule has 0 bridgehead atoms. The van der Waals surface area contributed by atoms with Gasteiger partial charge < -0.3 is 10.5 Å². The van der Waals surface area contributed by atoms with E-state index in [1.807, 2.05) is 0 Å². The van der Waals surface area contributed by atoms with Crippen LogP contribution in [0.3, 0.4) is 0 Å². The molecular formula is C8H14ClNO. The first-order valence-electron chi connectivity index (χ1n) is 3.90. The molecule has 2 nitrogen and oxygen atoms in total. The van der Waals surface area contributed by atoms with E-state index < -0.39 is 0 Å². The summed E-state index contributed by atoms with van der Waals surface area (Å²) >= 11 is 5.54. The monoisotopic (exact) mass is 175 g/mol. The molecule has 1 aliphatic carbocycles. The lowest BCUT2D eigenvalue weighted by atomic mass is 10.2. The van der Waals surface area contributed by atoms with Gasteiger partial charge >= 0.3 is 0 Å². The molecule has 1 fully saturated rings. The van der Waals surface area contributed by atoms with Gasteiger partial charge in [-0.15, -0.1) is 0 Å². The summed E-state index contributed by atoms with van der Waals surface area (Å²) in [5, 5.41) is 0.545. The van der Waals surface area contributed by atoms with Gasteiger partial charge in [-0.05, 0) is 19.3 Å². The molecule has 0 aliphatic heterocycles. The Kier molecular flexibility index (Phi) is 3.37. The molecule has 0 spiro atoms. The summed E-state index contributed by atoms with van der Waals surface area (Å²) in [7, 11) is 0. The molecule has 64 valence electrons. The van der Waals surface area contributed by atoms with Crippen molar-refractivity contribution in [1.29, 1.82) is 0 Å². The van der Waals surface area contributed by atoms with E-state index in [9.17, 15) is 0 Å². The first-order chi connectivity index (χ1) is 5.20. The average molecular weight is 176 g/mol. The number of rotatable bonds is 3. The van der Waals surface area contributed by atoms with Gasteiger partial charge in [0.15, 0.2) is 0 Å². The third-order valence-corrected chi connectivity index (χ3v) is 2.07. The second-order valence-corrected chi connectivity index (χ2v) is 3.50. The van der Waals surface area contributed by atoms with Crippen molar-refractivity contribution in [2.75, 3.05) is 6.61 Å². The van der Waals surface area contributed by atoms with Gasteiger partial charge in [-0.1, -0.05) is 18.2 Å². The number of nitrogens with two attached hydrogens (primary N) is 1. The fraction of sp³-hybridized carbons (Fsp3) is 0.750. The molecule has 0 aromatic carbocycles. The maximum absolute atomic E-state index is 5.77. The molecule has 1 rings (SSSR count). The summed E-state index contributed by atoms with van der Waals surface area (Å²) in [5.74, 6) is 0. The van der Waals surface area contributed by atoms with Crippen molar-refractivity contribution in [1.82, 2.24) is 0 Å². The first kappa shape index (κ1) is 9.04. The molecule has 11 heavy (non-hydrogen) atoms. The van der Waals surface area contributed by atoms with Gasteiger partial charge in [0.2, 0.25) is 0 Å². The second-order valence-electron chi connectivity index (χ2n) is 2.96. The number of hydrogen-bond acceptors (Lipinski definition) is 2. The van der Waals surface area contributed by atoms with Crippen LogP contribution < -0.4 is 5.73 Å². The fourth-order valence-electron chi connectivity index (χ4n) is 1.36. The Bertz CT molecular complexity index is 149. The van der Waals surface area contributed by atoms with Crippen molar-refractivity contribution in [2.24, 2.45) is 5.73 Å². The Balaban J connectivity index is 2.20. The normalized spacial score (nSPS) is 30.7. The first-order valence-corrected chi connectivity index (χ1v) is 4.28. The maximum Gasteiger partial charge on any atom is 0.0821 e. The summed E-state index contributed by atoms with van der Waals surface area (Å²) in [5.41, 5.74) is 5.77. The minimum Gasteiger partial charge on any atom is -0.371 e. The molecule has 0 heterocycles. The van der Waals surface area contributed by atoms with Crippen LogP contribution in [0, 0.1) is 0 Å². The van der Waals surface area contributed by atoms with Gasteiger partial charge in [0.1, 0.15) is 0 Å². The summed E-state index contributed by atoms with van der Waals surface area (Å²) in [6.45, 7) is 3.97. The highest BCUT2D eigenvalue weighted by Gasteiger charge is 2.24. The van der Waals surface area contributed by atoms with Crippen LogP contribution in [-0.2, 0) is 4.74 Å². The molecular weight excluding hydrogens is 162 g/mol. The number of halogens is 1. The van der Waals surface area contributed by atoms with Gasteiger partial charge in [0.25, 0.3) is 0 Å². The van der Waals surface area contributed by atoms with Crippen molar-refractivity contribution in [3.63, 3.8) is 0 Å². The molecule has 0 aromatic rings. The van der Waals surface area contributed by atoms with Crippen LogP contribution in [0.4, 0.5) is 0 Å². The lowest BCUT2D eigenvalue weighted by Crippen LogP contribution is -2.31. The summed E-state index contributed by atoms with van der Waals surface area (Å²) in [6.07, 6.45) is 3.50. The zero-order valence-electron chi connectivity index (χ0n) is 6.55. The van der Waals surface area contributed by atoms with Crippen molar-refractivity contribution in [3.8, 4) is 0 Å². The standard InChI is InChI=1S/C8H14ClNO/c1-6(9)5-11-8-4-2-3-7(8)10/h7-8H,1-5,10H2. The van der Waals surface area contributed by atoms with E-state index in [0.29, 0.717) is 11.6 Å². The zero-order valence-corrected chi connectivity index (χ0v) is 7.31. The zero-order chi connectivity index (χ0) is 8.27. The molecule has 2 N–H and O–H groups in total. The minimum atomic E-state index is 0.200. The van der Waals surface area contributed by atoms with E-state index in [2.05, 4.69) is 6.58 Å². The van der Waals surface area contributed by atoms with Crippen LogP contribution in [0.25, 0.3) is 0 Å². The highest BCUT2D eigenvalue weighted by molar-refractivity contribution is 6.29. The van der Waals surface area contributed by atoms with Crippen LogP contribution in [0.5, 0.6) is 0 Å². The molecule has 2 atom stereocenters. The number of ether oxygens (including phenoxy) is 1. The van der Waals surface area contributed by atoms with Gasteiger partial charge in [-0.2, -0.15) is 0 Å². The molecule has 2 unspecified atom stereocenters. The molecule has 0 saturated heterocycles. The van der Waals surface area contributed by atoms with Gasteiger partial charge in [0, 0.05) is 11.1 Å². The molecule has 0 radical (unpaired) electrons. The fourth-order valence-corrected chi connectivity index (χ4v) is 1.42. The van der Waals surface area contributed by atoms with Gasteiger partial charge in [-0.3, -0.25) is 0 Å². The lowest BCUT2D eigenvalue weighted by Gasteiger charge is -2.15. The van der Waals surface area contributed by atoms with Crippen molar-refractivity contribution >= 4 is 11.6 Å². The smallest absolute Gasteiger partial charge is 0.0821 e. The molecule has 1 saturated carbocycles. The maximum atomic E-state index is 5.77. The van der Waals surface area contributed by atoms with Crippen LogP contribution in [0.2, 0.25) is 0 Å². The Hall–Kier alpha value is -0.0500. The quantitative estimate of drug-likeness (QED) is 0.708. The Morgan fingerprint density at radius 1 is 1.64 bits per heavy atom. The lowest BCUT2D eigenvalue weighted by molar-refractivity contribution is 0.0670. The van der Waals surface area contributed by atoms with Crippen LogP contribution in [-0.4, -0.2) is 18.8 Å². The molecule has 1 aliphatic rings. The van der Waals surface area contributed by atoms with Crippen LogP contribution in [0.15, 0.2) is 11.6 Å². The Labute approximate surface area is 72.4 Å². The largest absolute Gasteiger partial charge is 0.371 e. The van der Waals surface area contributed by atoms with Crippen LogP contribution in [0.1, 0.15) is 19.3 Å². The van der Waals surface area contributed by atoms with Gasteiger partial charge in [0.05, 0.1) is 12.7 Å². The van der Waals surface area contributed by atoms with E-state index in [0.717, 1.165) is 12.8 Å². The van der Waals surface area contributed by atoms with Crippen molar-refractivity contribution in [3.05, 3.63) is 11.6 Å². The van der Waals surface area contributed by atoms with E-state index in [4.69, 9.17) is 22.1 Å². The minimum absolute atomic E-state index is 0.200. The average Bonchev–Trinajstić information content (AvgIpc) is 2.31. The Morgan fingerprint density at radius 2 is 2.36 bits per heavy atom. The predicted octanol–water partition coefficient (Wildman–Crippen LogP) is 1.64. The number of hydrogen-bond donors (Lipinski definition) is 1. The van der Waals surface area contributed by atoms with E-state index in [1.165, 1.54) is 6.42 Å².